The van der Waals surface area contributed by atoms with Crippen molar-refractivity contribution in [3.8, 4) is 5.75 Å². The van der Waals surface area contributed by atoms with Gasteiger partial charge in [-0.1, -0.05) is 18.2 Å². The second-order valence-electron chi connectivity index (χ2n) is 7.59. The number of hydrogen-bond donors (Lipinski definition) is 2. The Labute approximate surface area is 179 Å². The van der Waals surface area contributed by atoms with E-state index in [1.54, 1.807) is 7.11 Å². The molecule has 0 spiro atoms. The fourth-order valence-electron chi connectivity index (χ4n) is 4.06. The Morgan fingerprint density at radius 1 is 1.28 bits per heavy atom. The molecule has 6 heteroatoms. The molecule has 0 bridgehead atoms. The largest absolute Gasteiger partial charge is 0.497 e. The summed E-state index contributed by atoms with van der Waals surface area (Å²) in [5.74, 6) is 2.37. The lowest BCUT2D eigenvalue weighted by Gasteiger charge is -2.38. The number of ether oxygens (including phenoxy) is 1. The van der Waals surface area contributed by atoms with E-state index in [9.17, 15) is 0 Å². The van der Waals surface area contributed by atoms with E-state index in [4.69, 9.17) is 9.73 Å². The number of benzene rings is 1. The minimum atomic E-state index is 0.479. The van der Waals surface area contributed by atoms with Crippen LogP contribution in [0.3, 0.4) is 0 Å². The molecule has 1 saturated heterocycles. The summed E-state index contributed by atoms with van der Waals surface area (Å²) in [6.07, 6.45) is 3.42. The lowest BCUT2D eigenvalue weighted by atomic mass is 9.88. The van der Waals surface area contributed by atoms with Crippen molar-refractivity contribution in [2.45, 2.75) is 32.2 Å². The second-order valence-corrected chi connectivity index (χ2v) is 8.57. The molecule has 1 aromatic carbocycles. The van der Waals surface area contributed by atoms with E-state index in [2.05, 4.69) is 59.2 Å². The molecule has 158 valence electrons. The number of likely N-dealkylation sites (tertiary alicyclic amines) is 1. The summed E-state index contributed by atoms with van der Waals surface area (Å²) in [5.41, 5.74) is 1.26. The summed E-state index contributed by atoms with van der Waals surface area (Å²) in [7, 11) is 3.96. The van der Waals surface area contributed by atoms with Crippen molar-refractivity contribution >= 4 is 17.3 Å². The Kier molecular flexibility index (Phi) is 8.38. The predicted molar refractivity (Wildman–Crippen MR) is 123 cm³/mol. The Hall–Kier alpha value is -2.05. The van der Waals surface area contributed by atoms with Crippen LogP contribution in [-0.2, 0) is 6.42 Å². The van der Waals surface area contributed by atoms with E-state index in [0.29, 0.717) is 12.0 Å². The Balaban J connectivity index is 1.58. The van der Waals surface area contributed by atoms with E-state index in [-0.39, 0.29) is 0 Å². The fourth-order valence-corrected chi connectivity index (χ4v) is 5.05. The highest BCUT2D eigenvalue weighted by atomic mass is 32.1. The maximum atomic E-state index is 5.32. The van der Waals surface area contributed by atoms with Crippen LogP contribution in [0.2, 0.25) is 0 Å². The van der Waals surface area contributed by atoms with Crippen molar-refractivity contribution in [1.29, 1.82) is 0 Å². The molecule has 0 amide bonds. The van der Waals surface area contributed by atoms with Gasteiger partial charge in [-0.3, -0.25) is 9.89 Å². The van der Waals surface area contributed by atoms with Gasteiger partial charge in [-0.15, -0.1) is 11.3 Å². The standard InChI is InChI=1S/C23H34N4OS/c1-4-24-23(25-13-12-18-8-5-10-20(16-18)28-3)26-17-19-9-6-14-27(2)22(19)21-11-7-15-29-21/h5,7-8,10-11,15-16,19,22H,4,6,9,12-14,17H2,1-3H3,(H2,24,25,26). The first-order valence-electron chi connectivity index (χ1n) is 10.6. The van der Waals surface area contributed by atoms with Gasteiger partial charge in [0, 0.05) is 30.6 Å². The molecule has 5 nitrogen and oxygen atoms in total. The number of guanidine groups is 1. The molecule has 29 heavy (non-hydrogen) atoms. The quantitative estimate of drug-likeness (QED) is 0.507. The highest BCUT2D eigenvalue weighted by molar-refractivity contribution is 7.10. The Morgan fingerprint density at radius 3 is 2.93 bits per heavy atom. The van der Waals surface area contributed by atoms with Crippen LogP contribution in [0.1, 0.15) is 36.2 Å². The molecule has 0 saturated carbocycles. The molecule has 0 aliphatic carbocycles. The second kappa shape index (κ2) is 11.2. The lowest BCUT2D eigenvalue weighted by Crippen LogP contribution is -2.40. The molecule has 3 rings (SSSR count). The van der Waals surface area contributed by atoms with Crippen LogP contribution in [0, 0.1) is 5.92 Å². The molecule has 1 aliphatic rings. The number of aliphatic imine (C=N–C) groups is 1. The first-order chi connectivity index (χ1) is 14.2. The highest BCUT2D eigenvalue weighted by Crippen LogP contribution is 2.37. The smallest absolute Gasteiger partial charge is 0.191 e. The Morgan fingerprint density at radius 2 is 2.17 bits per heavy atom. The normalized spacial score (nSPS) is 20.4. The van der Waals surface area contributed by atoms with Crippen molar-refractivity contribution in [1.82, 2.24) is 15.5 Å². The zero-order valence-electron chi connectivity index (χ0n) is 17.9. The summed E-state index contributed by atoms with van der Waals surface area (Å²) < 4.78 is 5.32. The van der Waals surface area contributed by atoms with Crippen molar-refractivity contribution in [2.24, 2.45) is 10.9 Å². The average molecular weight is 415 g/mol. The molecule has 2 aromatic rings. The molecule has 2 unspecified atom stereocenters. The summed E-state index contributed by atoms with van der Waals surface area (Å²) in [4.78, 5) is 8.90. The Bertz CT molecular complexity index is 762. The molecule has 2 heterocycles. The van der Waals surface area contributed by atoms with E-state index in [0.717, 1.165) is 37.8 Å². The predicted octanol–water partition coefficient (Wildman–Crippen LogP) is 3.94. The minimum Gasteiger partial charge on any atom is -0.497 e. The molecular formula is C23H34N4OS. The third-order valence-corrected chi connectivity index (χ3v) is 6.45. The lowest BCUT2D eigenvalue weighted by molar-refractivity contribution is 0.128. The van der Waals surface area contributed by atoms with Gasteiger partial charge in [0.15, 0.2) is 5.96 Å². The maximum absolute atomic E-state index is 5.32. The van der Waals surface area contributed by atoms with Gasteiger partial charge in [0.25, 0.3) is 0 Å². The minimum absolute atomic E-state index is 0.479. The van der Waals surface area contributed by atoms with Gasteiger partial charge < -0.3 is 15.4 Å². The monoisotopic (exact) mass is 414 g/mol. The van der Waals surface area contributed by atoms with Crippen molar-refractivity contribution in [3.63, 3.8) is 0 Å². The molecule has 0 radical (unpaired) electrons. The topological polar surface area (TPSA) is 48.9 Å². The van der Waals surface area contributed by atoms with Crippen LogP contribution in [0.4, 0.5) is 0 Å². The fraction of sp³-hybridized carbons (Fsp3) is 0.522. The molecule has 2 atom stereocenters. The van der Waals surface area contributed by atoms with E-state index >= 15 is 0 Å². The molecule has 1 aliphatic heterocycles. The number of rotatable bonds is 8. The van der Waals surface area contributed by atoms with E-state index in [1.165, 1.54) is 29.8 Å². The zero-order chi connectivity index (χ0) is 20.5. The average Bonchev–Trinajstić information content (AvgIpc) is 3.26. The zero-order valence-corrected chi connectivity index (χ0v) is 18.7. The maximum Gasteiger partial charge on any atom is 0.191 e. The summed E-state index contributed by atoms with van der Waals surface area (Å²) >= 11 is 1.86. The van der Waals surface area contributed by atoms with Crippen molar-refractivity contribution < 1.29 is 4.74 Å². The summed E-state index contributed by atoms with van der Waals surface area (Å²) in [6.45, 7) is 5.84. The summed E-state index contributed by atoms with van der Waals surface area (Å²) in [5, 5.41) is 9.07. The van der Waals surface area contributed by atoms with E-state index in [1.807, 2.05) is 23.5 Å². The number of thiophene rings is 1. The first-order valence-corrected chi connectivity index (χ1v) is 11.5. The van der Waals surface area contributed by atoms with Gasteiger partial charge in [0.1, 0.15) is 5.75 Å². The molecular weight excluding hydrogens is 380 g/mol. The van der Waals surface area contributed by atoms with Crippen molar-refractivity contribution in [2.75, 3.05) is 40.3 Å². The van der Waals surface area contributed by atoms with Crippen LogP contribution in [0.5, 0.6) is 5.75 Å². The van der Waals surface area contributed by atoms with Gasteiger partial charge in [-0.25, -0.2) is 0 Å². The SMILES string of the molecule is CCNC(=NCC1CCCN(C)C1c1cccs1)NCCc1cccc(OC)c1. The van der Waals surface area contributed by atoms with Crippen LogP contribution in [0.25, 0.3) is 0 Å². The third kappa shape index (κ3) is 6.21. The number of piperidine rings is 1. The van der Waals surface area contributed by atoms with Crippen LogP contribution in [-0.4, -0.2) is 51.2 Å². The first kappa shape index (κ1) is 21.7. The van der Waals surface area contributed by atoms with Crippen LogP contribution >= 0.6 is 11.3 Å². The number of methoxy groups -OCH3 is 1. The summed E-state index contributed by atoms with van der Waals surface area (Å²) in [6, 6.07) is 13.2. The molecule has 1 aromatic heterocycles. The van der Waals surface area contributed by atoms with Crippen LogP contribution in [0.15, 0.2) is 46.8 Å². The number of hydrogen-bond acceptors (Lipinski definition) is 4. The number of nitrogens with zero attached hydrogens (tertiary/aromatic N) is 2. The third-order valence-electron chi connectivity index (χ3n) is 5.51. The van der Waals surface area contributed by atoms with Gasteiger partial charge in [0.05, 0.1) is 7.11 Å². The molecule has 1 fully saturated rings. The van der Waals surface area contributed by atoms with E-state index < -0.39 is 0 Å². The van der Waals surface area contributed by atoms with Crippen LogP contribution < -0.4 is 15.4 Å². The van der Waals surface area contributed by atoms with Gasteiger partial charge >= 0.3 is 0 Å². The van der Waals surface area contributed by atoms with Gasteiger partial charge in [0.2, 0.25) is 0 Å². The van der Waals surface area contributed by atoms with Gasteiger partial charge in [-0.2, -0.15) is 0 Å². The number of nitrogens with one attached hydrogen (secondary N) is 2. The highest BCUT2D eigenvalue weighted by Gasteiger charge is 2.31. The molecule has 2 N–H and O–H groups in total. The van der Waals surface area contributed by atoms with Crippen molar-refractivity contribution in [3.05, 3.63) is 52.2 Å². The van der Waals surface area contributed by atoms with Gasteiger partial charge in [-0.05, 0) is 74.8 Å².